The number of aromatic nitrogens is 1. The number of thioether (sulfide) groups is 1. The van der Waals surface area contributed by atoms with Crippen molar-refractivity contribution in [3.63, 3.8) is 0 Å². The standard InChI is InChI=1S/C10H15NOS/c1-7(2)13-10-9(8(3)12)5-4-6-11-10/h4-8,12H,1-3H3. The fourth-order valence-corrected chi connectivity index (χ4v) is 1.99. The van der Waals surface area contributed by atoms with Gasteiger partial charge in [0.15, 0.2) is 0 Å². The minimum atomic E-state index is -0.435. The van der Waals surface area contributed by atoms with Crippen molar-refractivity contribution in [3.8, 4) is 0 Å². The molecule has 0 aliphatic heterocycles. The maximum absolute atomic E-state index is 9.46. The van der Waals surface area contributed by atoms with Crippen molar-refractivity contribution in [2.75, 3.05) is 0 Å². The highest BCUT2D eigenvalue weighted by Gasteiger charge is 2.09. The maximum Gasteiger partial charge on any atom is 0.102 e. The summed E-state index contributed by atoms with van der Waals surface area (Å²) in [6, 6.07) is 3.77. The molecule has 1 aromatic rings. The van der Waals surface area contributed by atoms with Crippen LogP contribution >= 0.6 is 11.8 Å². The Morgan fingerprint density at radius 3 is 2.62 bits per heavy atom. The van der Waals surface area contributed by atoms with Crippen LogP contribution in [0.2, 0.25) is 0 Å². The first-order chi connectivity index (χ1) is 6.11. The molecule has 2 nitrogen and oxygen atoms in total. The molecule has 1 N–H and O–H groups in total. The van der Waals surface area contributed by atoms with E-state index in [1.807, 2.05) is 12.1 Å². The van der Waals surface area contributed by atoms with E-state index in [0.717, 1.165) is 10.6 Å². The van der Waals surface area contributed by atoms with E-state index in [2.05, 4.69) is 18.8 Å². The molecule has 0 fully saturated rings. The van der Waals surface area contributed by atoms with Crippen molar-refractivity contribution in [1.29, 1.82) is 0 Å². The lowest BCUT2D eigenvalue weighted by Gasteiger charge is -2.11. The summed E-state index contributed by atoms with van der Waals surface area (Å²) in [5.41, 5.74) is 0.918. The van der Waals surface area contributed by atoms with Crippen LogP contribution < -0.4 is 0 Å². The van der Waals surface area contributed by atoms with Gasteiger partial charge in [-0.2, -0.15) is 0 Å². The van der Waals surface area contributed by atoms with Crippen LogP contribution in [0.3, 0.4) is 0 Å². The molecule has 72 valence electrons. The van der Waals surface area contributed by atoms with E-state index in [1.54, 1.807) is 24.9 Å². The van der Waals surface area contributed by atoms with Gasteiger partial charge in [-0.15, -0.1) is 11.8 Å². The monoisotopic (exact) mass is 197 g/mol. The SMILES string of the molecule is CC(C)Sc1ncccc1C(C)O. The molecule has 0 saturated heterocycles. The van der Waals surface area contributed by atoms with Crippen LogP contribution in [0.15, 0.2) is 23.4 Å². The quantitative estimate of drug-likeness (QED) is 0.756. The minimum Gasteiger partial charge on any atom is -0.389 e. The highest BCUT2D eigenvalue weighted by molar-refractivity contribution is 7.99. The second-order valence-electron chi connectivity index (χ2n) is 3.24. The van der Waals surface area contributed by atoms with Gasteiger partial charge in [-0.05, 0) is 13.0 Å². The Balaban J connectivity index is 2.91. The summed E-state index contributed by atoms with van der Waals surface area (Å²) in [6.07, 6.45) is 1.33. The molecule has 1 heterocycles. The number of aliphatic hydroxyl groups is 1. The number of pyridine rings is 1. The van der Waals surface area contributed by atoms with Crippen molar-refractivity contribution in [2.45, 2.75) is 37.2 Å². The van der Waals surface area contributed by atoms with Crippen LogP contribution in [0, 0.1) is 0 Å². The van der Waals surface area contributed by atoms with Gasteiger partial charge in [-0.1, -0.05) is 19.9 Å². The third kappa shape index (κ3) is 3.01. The Labute approximate surface area is 83.4 Å². The highest BCUT2D eigenvalue weighted by atomic mass is 32.2. The summed E-state index contributed by atoms with van der Waals surface area (Å²) >= 11 is 1.68. The molecule has 1 unspecified atom stereocenters. The number of nitrogens with zero attached hydrogens (tertiary/aromatic N) is 1. The zero-order valence-electron chi connectivity index (χ0n) is 8.19. The van der Waals surface area contributed by atoms with Crippen LogP contribution in [0.1, 0.15) is 32.4 Å². The molecule has 1 atom stereocenters. The number of rotatable bonds is 3. The first-order valence-electron chi connectivity index (χ1n) is 4.41. The average Bonchev–Trinajstić information content (AvgIpc) is 2.03. The summed E-state index contributed by atoms with van der Waals surface area (Å²) in [7, 11) is 0. The Kier molecular flexibility index (Phi) is 3.75. The van der Waals surface area contributed by atoms with Crippen LogP contribution in [0.4, 0.5) is 0 Å². The van der Waals surface area contributed by atoms with E-state index < -0.39 is 6.10 Å². The summed E-state index contributed by atoms with van der Waals surface area (Å²) in [4.78, 5) is 4.24. The van der Waals surface area contributed by atoms with Gasteiger partial charge < -0.3 is 5.11 Å². The van der Waals surface area contributed by atoms with Crippen LogP contribution in [0.5, 0.6) is 0 Å². The van der Waals surface area contributed by atoms with Gasteiger partial charge in [0, 0.05) is 17.0 Å². The molecule has 1 aromatic heterocycles. The zero-order valence-corrected chi connectivity index (χ0v) is 9.01. The van der Waals surface area contributed by atoms with E-state index in [0.29, 0.717) is 5.25 Å². The fraction of sp³-hybridized carbons (Fsp3) is 0.500. The van der Waals surface area contributed by atoms with Crippen molar-refractivity contribution in [2.24, 2.45) is 0 Å². The summed E-state index contributed by atoms with van der Waals surface area (Å²) < 4.78 is 0. The van der Waals surface area contributed by atoms with Gasteiger partial charge in [0.25, 0.3) is 0 Å². The Morgan fingerprint density at radius 1 is 1.38 bits per heavy atom. The third-order valence-corrected chi connectivity index (χ3v) is 2.63. The van der Waals surface area contributed by atoms with E-state index in [-0.39, 0.29) is 0 Å². The predicted molar refractivity (Wildman–Crippen MR) is 55.9 cm³/mol. The molecule has 1 rings (SSSR count). The Morgan fingerprint density at radius 2 is 2.08 bits per heavy atom. The minimum absolute atomic E-state index is 0.435. The van der Waals surface area contributed by atoms with Crippen molar-refractivity contribution >= 4 is 11.8 Å². The Hall–Kier alpha value is -0.540. The number of hydrogen-bond acceptors (Lipinski definition) is 3. The van der Waals surface area contributed by atoms with Gasteiger partial charge in [0.2, 0.25) is 0 Å². The fourth-order valence-electron chi connectivity index (χ4n) is 1.04. The van der Waals surface area contributed by atoms with Gasteiger partial charge in [-0.25, -0.2) is 4.98 Å². The van der Waals surface area contributed by atoms with Crippen molar-refractivity contribution < 1.29 is 5.11 Å². The second kappa shape index (κ2) is 4.63. The molecule has 0 amide bonds. The Bertz CT molecular complexity index is 273. The zero-order chi connectivity index (χ0) is 9.84. The lowest BCUT2D eigenvalue weighted by Crippen LogP contribution is -1.98. The van der Waals surface area contributed by atoms with E-state index in [9.17, 15) is 5.11 Å². The largest absolute Gasteiger partial charge is 0.389 e. The molecule has 0 aliphatic rings. The van der Waals surface area contributed by atoms with Gasteiger partial charge in [0.05, 0.1) is 6.10 Å². The van der Waals surface area contributed by atoms with Gasteiger partial charge in [0.1, 0.15) is 5.03 Å². The first-order valence-corrected chi connectivity index (χ1v) is 5.29. The average molecular weight is 197 g/mol. The van der Waals surface area contributed by atoms with Gasteiger partial charge in [-0.3, -0.25) is 0 Å². The number of aliphatic hydroxyl groups excluding tert-OH is 1. The van der Waals surface area contributed by atoms with Crippen LogP contribution in [-0.4, -0.2) is 15.3 Å². The highest BCUT2D eigenvalue weighted by Crippen LogP contribution is 2.27. The van der Waals surface area contributed by atoms with Gasteiger partial charge >= 0.3 is 0 Å². The van der Waals surface area contributed by atoms with Crippen LogP contribution in [-0.2, 0) is 0 Å². The molecular weight excluding hydrogens is 182 g/mol. The first kappa shape index (κ1) is 10.5. The van der Waals surface area contributed by atoms with Crippen LogP contribution in [0.25, 0.3) is 0 Å². The van der Waals surface area contributed by atoms with E-state index in [4.69, 9.17) is 0 Å². The smallest absolute Gasteiger partial charge is 0.102 e. The lowest BCUT2D eigenvalue weighted by atomic mass is 10.2. The molecular formula is C10H15NOS. The molecule has 13 heavy (non-hydrogen) atoms. The second-order valence-corrected chi connectivity index (χ2v) is 4.81. The third-order valence-electron chi connectivity index (χ3n) is 1.60. The maximum atomic E-state index is 9.46. The molecule has 0 bridgehead atoms. The predicted octanol–water partition coefficient (Wildman–Crippen LogP) is 2.64. The molecule has 0 radical (unpaired) electrons. The lowest BCUT2D eigenvalue weighted by molar-refractivity contribution is 0.195. The summed E-state index contributed by atoms with van der Waals surface area (Å²) in [6.45, 7) is 6.00. The van der Waals surface area contributed by atoms with E-state index in [1.165, 1.54) is 0 Å². The normalized spacial score (nSPS) is 13.3. The molecule has 0 saturated carbocycles. The molecule has 0 spiro atoms. The van der Waals surface area contributed by atoms with Crippen molar-refractivity contribution in [3.05, 3.63) is 23.9 Å². The number of hydrogen-bond donors (Lipinski definition) is 1. The summed E-state index contributed by atoms with van der Waals surface area (Å²) in [5, 5.41) is 10.9. The molecule has 3 heteroatoms. The molecule has 0 aliphatic carbocycles. The molecule has 0 aromatic carbocycles. The topological polar surface area (TPSA) is 33.1 Å². The summed E-state index contributed by atoms with van der Waals surface area (Å²) in [5.74, 6) is 0. The van der Waals surface area contributed by atoms with Crippen molar-refractivity contribution in [1.82, 2.24) is 4.98 Å². The van der Waals surface area contributed by atoms with E-state index >= 15 is 0 Å².